The highest BCUT2D eigenvalue weighted by atomic mass is 32.2. The average Bonchev–Trinajstić information content (AvgIpc) is 1.94. The number of aliphatic hydroxyl groups excluding tert-OH is 1. The van der Waals surface area contributed by atoms with Crippen LogP contribution in [0.3, 0.4) is 0 Å². The maximum atomic E-state index is 14.2. The van der Waals surface area contributed by atoms with Crippen LogP contribution in [0, 0.1) is 17.3 Å². The summed E-state index contributed by atoms with van der Waals surface area (Å²) in [5.74, 6) is -3.58. The average molecular weight is 1140 g/mol. The molecule has 4 N–H and O–H groups in total. The number of aldehydes is 1. The van der Waals surface area contributed by atoms with Crippen LogP contribution in [0.2, 0.25) is 0 Å². The number of β-lactam (4-membered cyclic amide) rings is 1. The number of carboxylic acid groups (broad SMARTS) is 1. The largest absolute Gasteiger partial charge is 0.493 e. The van der Waals surface area contributed by atoms with Gasteiger partial charge in [0.15, 0.2) is 11.5 Å². The van der Waals surface area contributed by atoms with Gasteiger partial charge in [0.05, 0.1) is 44.9 Å². The molecule has 4 amide bonds. The fraction of sp³-hybridized carbons (Fsp3) is 0.452. The standard InChI is InChI=1S/C62H73N5O14S/c1-8-62(4,5)55(70)59(74)66-27-10-9-17-46(66)61(77)81-48(24-20-38-21-25-49(78-6)50(30-38)79-7)42-14-12-16-44(31-42)80-28-26-63-56(71)41-22-18-39(19-23-41)33-65-34-45(32-47(65)57(72)64-43-15-11-13-40(29-43)35-68)82-54-36(2)52-51(37(3)69)58(73)67(52)53(54)60(75)76/h11-16,18-19,21-23,25,29-31,35-37,45-48,51-52,69H,8-10,17,20,24,26-28,32-34H2,1-7H3,(H,63,71)(H,64,72)(H,75,76)/t36-,37-,45+,46+,47+,48-,51-,52-/m1/s1. The predicted molar refractivity (Wildman–Crippen MR) is 306 cm³/mol. The summed E-state index contributed by atoms with van der Waals surface area (Å²) in [5, 5.41) is 26.3. The van der Waals surface area contributed by atoms with Gasteiger partial charge in [0, 0.05) is 57.9 Å². The zero-order valence-electron chi connectivity index (χ0n) is 47.4. The number of Topliss-reactive ketones (excluding diaryl/α,β-unsaturated/α-hetero) is 1. The number of fused-ring (bicyclic) bond motifs is 1. The molecule has 8 rings (SSSR count). The van der Waals surface area contributed by atoms with Gasteiger partial charge >= 0.3 is 11.9 Å². The van der Waals surface area contributed by atoms with Crippen molar-refractivity contribution in [2.45, 2.75) is 122 Å². The Bertz CT molecular complexity index is 3090. The second kappa shape index (κ2) is 26.6. The topological polar surface area (TPSA) is 248 Å². The van der Waals surface area contributed by atoms with Crippen molar-refractivity contribution in [2.75, 3.05) is 45.8 Å². The molecule has 0 radical (unpaired) electrons. The van der Waals surface area contributed by atoms with Gasteiger partial charge in [0.25, 0.3) is 11.8 Å². The normalized spacial score (nSPS) is 21.4. The molecule has 20 heteroatoms. The summed E-state index contributed by atoms with van der Waals surface area (Å²) in [6.07, 6.45) is 2.35. The van der Waals surface area contributed by atoms with Crippen molar-refractivity contribution < 1.29 is 67.5 Å². The first-order valence-electron chi connectivity index (χ1n) is 27.9. The van der Waals surface area contributed by atoms with E-state index in [-0.39, 0.29) is 48.4 Å². The van der Waals surface area contributed by atoms with Gasteiger partial charge in [-0.25, -0.2) is 9.59 Å². The SMILES string of the molecule is CCC(C)(C)C(=O)C(=O)N1CCCC[C@H]1C(=O)O[C@H](CCc1ccc(OC)c(OC)c1)c1cccc(OCCNC(=O)c2ccc(CN3C[C@@H](SC4=C(C(=O)O)N5C(=O)[C@H]([C@@H](C)O)[C@H]5[C@H]4C)C[C@H]3C(=O)Nc3cccc(C=O)c3)cc2)c1. The summed E-state index contributed by atoms with van der Waals surface area (Å²) >= 11 is 1.35. The van der Waals surface area contributed by atoms with Gasteiger partial charge in [-0.15, -0.1) is 11.8 Å². The number of nitrogens with zero attached hydrogens (tertiary/aromatic N) is 3. The number of carbonyl (C=O) groups excluding carboxylic acids is 7. The van der Waals surface area contributed by atoms with Crippen LogP contribution in [-0.2, 0) is 46.5 Å². The third-order valence-corrected chi connectivity index (χ3v) is 17.7. The van der Waals surface area contributed by atoms with Crippen LogP contribution < -0.4 is 24.8 Å². The molecular formula is C62H73N5O14S. The molecule has 436 valence electrons. The van der Waals surface area contributed by atoms with Gasteiger partial charge in [0.2, 0.25) is 17.6 Å². The number of thioether (sulfide) groups is 1. The molecule has 4 aliphatic rings. The molecule has 0 bridgehead atoms. The molecule has 3 fully saturated rings. The highest BCUT2D eigenvalue weighted by Gasteiger charge is 2.60. The number of carboxylic acids is 1. The highest BCUT2D eigenvalue weighted by molar-refractivity contribution is 8.03. The summed E-state index contributed by atoms with van der Waals surface area (Å²) < 4.78 is 23.4. The van der Waals surface area contributed by atoms with Gasteiger partial charge in [-0.05, 0) is 117 Å². The van der Waals surface area contributed by atoms with Gasteiger partial charge in [-0.2, -0.15) is 0 Å². The lowest BCUT2D eigenvalue weighted by Crippen LogP contribution is -2.63. The molecule has 0 spiro atoms. The van der Waals surface area contributed by atoms with Crippen molar-refractivity contribution in [1.29, 1.82) is 0 Å². The number of rotatable bonds is 25. The highest BCUT2D eigenvalue weighted by Crippen LogP contribution is 2.52. The van der Waals surface area contributed by atoms with Crippen LogP contribution in [0.25, 0.3) is 0 Å². The molecule has 82 heavy (non-hydrogen) atoms. The predicted octanol–water partition coefficient (Wildman–Crippen LogP) is 7.40. The van der Waals surface area contributed by atoms with E-state index in [4.69, 9.17) is 18.9 Å². The lowest BCUT2D eigenvalue weighted by Gasteiger charge is -2.46. The van der Waals surface area contributed by atoms with Crippen molar-refractivity contribution in [3.8, 4) is 17.2 Å². The van der Waals surface area contributed by atoms with E-state index in [2.05, 4.69) is 10.6 Å². The van der Waals surface area contributed by atoms with Crippen molar-refractivity contribution in [3.05, 3.63) is 129 Å². The summed E-state index contributed by atoms with van der Waals surface area (Å²) in [4.78, 5) is 111. The van der Waals surface area contributed by atoms with Crippen LogP contribution in [0.15, 0.2) is 102 Å². The van der Waals surface area contributed by atoms with E-state index in [1.54, 1.807) is 82.7 Å². The molecule has 3 saturated heterocycles. The first-order valence-corrected chi connectivity index (χ1v) is 28.8. The number of methoxy groups -OCH3 is 2. The van der Waals surface area contributed by atoms with Gasteiger partial charge < -0.3 is 49.6 Å². The number of aliphatic carboxylic acids is 1. The molecule has 4 aromatic carbocycles. The smallest absolute Gasteiger partial charge is 0.353 e. The van der Waals surface area contributed by atoms with E-state index in [9.17, 15) is 48.6 Å². The van der Waals surface area contributed by atoms with Crippen molar-refractivity contribution in [3.63, 3.8) is 0 Å². The molecule has 0 saturated carbocycles. The Balaban J connectivity index is 0.909. The molecule has 0 aliphatic carbocycles. The number of ketones is 1. The minimum Gasteiger partial charge on any atom is -0.493 e. The number of anilines is 1. The summed E-state index contributed by atoms with van der Waals surface area (Å²) in [5.41, 5.74) is 2.63. The van der Waals surface area contributed by atoms with E-state index in [0.29, 0.717) is 109 Å². The van der Waals surface area contributed by atoms with Crippen molar-refractivity contribution in [2.24, 2.45) is 17.3 Å². The number of amides is 4. The quantitative estimate of drug-likeness (QED) is 0.0166. The lowest BCUT2D eigenvalue weighted by molar-refractivity contribution is -0.164. The molecule has 19 nitrogen and oxygen atoms in total. The number of esters is 1. The Labute approximate surface area is 482 Å². The Kier molecular flexibility index (Phi) is 19.6. The summed E-state index contributed by atoms with van der Waals surface area (Å²) in [6.45, 7) is 9.92. The van der Waals surface area contributed by atoms with Crippen LogP contribution in [0.5, 0.6) is 17.2 Å². The van der Waals surface area contributed by atoms with E-state index in [1.165, 1.54) is 28.5 Å². The van der Waals surface area contributed by atoms with Crippen LogP contribution >= 0.6 is 11.8 Å². The number of benzene rings is 4. The number of piperidine rings is 1. The number of nitrogens with one attached hydrogen (secondary N) is 2. The number of likely N-dealkylation sites (tertiary alicyclic amines) is 2. The molecule has 4 aliphatic heterocycles. The number of ether oxygens (including phenoxy) is 4. The fourth-order valence-electron chi connectivity index (χ4n) is 11.3. The monoisotopic (exact) mass is 1140 g/mol. The van der Waals surface area contributed by atoms with E-state index < -0.39 is 71.2 Å². The molecule has 8 atom stereocenters. The minimum absolute atomic E-state index is 0.0850. The van der Waals surface area contributed by atoms with E-state index in [0.717, 1.165) is 11.1 Å². The fourth-order valence-corrected chi connectivity index (χ4v) is 12.8. The molecule has 4 aromatic rings. The summed E-state index contributed by atoms with van der Waals surface area (Å²) in [7, 11) is 3.11. The van der Waals surface area contributed by atoms with Gasteiger partial charge in [-0.1, -0.05) is 70.2 Å². The third kappa shape index (κ3) is 13.5. The summed E-state index contributed by atoms with van der Waals surface area (Å²) in [6, 6.07) is 24.2. The number of aliphatic hydroxyl groups is 1. The Hall–Kier alpha value is -7.55. The second-order valence-corrected chi connectivity index (χ2v) is 23.4. The van der Waals surface area contributed by atoms with Gasteiger partial charge in [-0.3, -0.25) is 33.7 Å². The number of aryl methyl sites for hydroxylation is 1. The minimum atomic E-state index is -1.23. The van der Waals surface area contributed by atoms with Crippen molar-refractivity contribution >= 4 is 65.1 Å². The molecule has 0 aromatic heterocycles. The van der Waals surface area contributed by atoms with E-state index in [1.807, 2.05) is 55.1 Å². The zero-order valence-corrected chi connectivity index (χ0v) is 48.2. The van der Waals surface area contributed by atoms with Crippen LogP contribution in [-0.4, -0.2) is 142 Å². The number of hydrogen-bond acceptors (Lipinski definition) is 15. The first kappa shape index (κ1) is 60.5. The first-order chi connectivity index (χ1) is 39.3. The third-order valence-electron chi connectivity index (χ3n) is 16.2. The maximum absolute atomic E-state index is 14.2. The molecule has 4 heterocycles. The van der Waals surface area contributed by atoms with Crippen molar-refractivity contribution in [1.82, 2.24) is 20.0 Å². The van der Waals surface area contributed by atoms with Crippen LogP contribution in [0.1, 0.15) is 117 Å². The zero-order chi connectivity index (χ0) is 59.0. The molecule has 0 unspecified atom stereocenters. The lowest BCUT2D eigenvalue weighted by atomic mass is 9.79. The second-order valence-electron chi connectivity index (χ2n) is 22.0. The Morgan fingerprint density at radius 2 is 1.63 bits per heavy atom. The Morgan fingerprint density at radius 1 is 0.902 bits per heavy atom. The number of hydrogen-bond donors (Lipinski definition) is 4. The maximum Gasteiger partial charge on any atom is 0.353 e. The van der Waals surface area contributed by atoms with Gasteiger partial charge in [0.1, 0.15) is 36.5 Å². The number of carbonyl (C=O) groups is 8. The Morgan fingerprint density at radius 3 is 2.33 bits per heavy atom. The van der Waals surface area contributed by atoms with Crippen LogP contribution in [0.4, 0.5) is 5.69 Å². The molecular weight excluding hydrogens is 1070 g/mol. The van der Waals surface area contributed by atoms with E-state index >= 15 is 0 Å².